The number of nitro groups is 1. The van der Waals surface area contributed by atoms with Crippen LogP contribution in [-0.4, -0.2) is 24.0 Å². The molecule has 0 fully saturated rings. The van der Waals surface area contributed by atoms with Crippen LogP contribution in [0.5, 0.6) is 5.75 Å². The minimum atomic E-state index is -0.648. The maximum Gasteiger partial charge on any atom is 0.288 e. The molecule has 2 aromatic carbocycles. The molecule has 0 aromatic heterocycles. The molecule has 8 heteroatoms. The zero-order valence-electron chi connectivity index (χ0n) is 12.8. The molecule has 0 bridgehead atoms. The smallest absolute Gasteiger partial charge is 0.288 e. The standard InChI is InChI=1S/C17H12Cl2N2O4/c18-13-8-7-12(11-15(13)21(23)24)17(22)20-9-3-4-10-25-16-6-2-1-5-14(16)19/h1-2,5-8,11H,9-10H2,(H,20,22). The molecule has 2 rings (SSSR count). The fourth-order valence-corrected chi connectivity index (χ4v) is 2.19. The van der Waals surface area contributed by atoms with E-state index in [1.54, 1.807) is 24.3 Å². The monoisotopic (exact) mass is 378 g/mol. The maximum absolute atomic E-state index is 11.9. The molecule has 0 heterocycles. The molecule has 25 heavy (non-hydrogen) atoms. The van der Waals surface area contributed by atoms with Gasteiger partial charge in [0.25, 0.3) is 11.6 Å². The van der Waals surface area contributed by atoms with Crippen molar-refractivity contribution < 1.29 is 14.5 Å². The van der Waals surface area contributed by atoms with Crippen LogP contribution in [0.15, 0.2) is 42.5 Å². The van der Waals surface area contributed by atoms with Crippen LogP contribution in [0, 0.1) is 22.0 Å². The van der Waals surface area contributed by atoms with Crippen LogP contribution in [0.25, 0.3) is 0 Å². The van der Waals surface area contributed by atoms with Gasteiger partial charge in [0.2, 0.25) is 0 Å². The topological polar surface area (TPSA) is 81.5 Å². The number of nitro benzene ring substituents is 1. The average Bonchev–Trinajstić information content (AvgIpc) is 2.59. The van der Waals surface area contributed by atoms with E-state index in [0.29, 0.717) is 10.8 Å². The fourth-order valence-electron chi connectivity index (χ4n) is 1.81. The molecule has 0 atom stereocenters. The van der Waals surface area contributed by atoms with Crippen molar-refractivity contribution in [3.8, 4) is 17.6 Å². The Balaban J connectivity index is 1.84. The second-order valence-corrected chi connectivity index (χ2v) is 5.49. The summed E-state index contributed by atoms with van der Waals surface area (Å²) < 4.78 is 5.38. The van der Waals surface area contributed by atoms with E-state index in [1.807, 2.05) is 0 Å². The Bertz CT molecular complexity index is 859. The average molecular weight is 379 g/mol. The molecule has 1 N–H and O–H groups in total. The number of para-hydroxylation sites is 1. The van der Waals surface area contributed by atoms with Crippen LogP contribution < -0.4 is 10.1 Å². The van der Waals surface area contributed by atoms with Crippen LogP contribution in [-0.2, 0) is 0 Å². The first-order chi connectivity index (χ1) is 12.0. The molecule has 6 nitrogen and oxygen atoms in total. The number of carbonyl (C=O) groups excluding carboxylic acids is 1. The van der Waals surface area contributed by atoms with E-state index in [-0.39, 0.29) is 29.4 Å². The third-order valence-corrected chi connectivity index (χ3v) is 3.64. The lowest BCUT2D eigenvalue weighted by molar-refractivity contribution is -0.384. The Labute approximate surface area is 153 Å². The number of ether oxygens (including phenoxy) is 1. The van der Waals surface area contributed by atoms with E-state index < -0.39 is 10.8 Å². The molecule has 0 saturated carbocycles. The van der Waals surface area contributed by atoms with Gasteiger partial charge in [-0.05, 0) is 24.3 Å². The highest BCUT2D eigenvalue weighted by atomic mass is 35.5. The van der Waals surface area contributed by atoms with Crippen LogP contribution >= 0.6 is 23.2 Å². The molecular weight excluding hydrogens is 367 g/mol. The third kappa shape index (κ3) is 5.38. The van der Waals surface area contributed by atoms with E-state index in [1.165, 1.54) is 12.1 Å². The molecule has 128 valence electrons. The van der Waals surface area contributed by atoms with Gasteiger partial charge >= 0.3 is 0 Å². The zero-order chi connectivity index (χ0) is 18.2. The van der Waals surface area contributed by atoms with Gasteiger partial charge in [0.05, 0.1) is 16.5 Å². The second kappa shape index (κ2) is 8.92. The Morgan fingerprint density at radius 2 is 1.92 bits per heavy atom. The van der Waals surface area contributed by atoms with Crippen molar-refractivity contribution in [3.63, 3.8) is 0 Å². The summed E-state index contributed by atoms with van der Waals surface area (Å²) >= 11 is 11.6. The lowest BCUT2D eigenvalue weighted by atomic mass is 10.2. The minimum Gasteiger partial charge on any atom is -0.479 e. The van der Waals surface area contributed by atoms with E-state index in [2.05, 4.69) is 17.2 Å². The number of benzene rings is 2. The van der Waals surface area contributed by atoms with Crippen molar-refractivity contribution in [2.75, 3.05) is 13.2 Å². The van der Waals surface area contributed by atoms with E-state index in [4.69, 9.17) is 27.9 Å². The highest BCUT2D eigenvalue weighted by Gasteiger charge is 2.15. The second-order valence-electron chi connectivity index (χ2n) is 4.68. The van der Waals surface area contributed by atoms with Crippen molar-refractivity contribution in [1.29, 1.82) is 0 Å². The van der Waals surface area contributed by atoms with Crippen molar-refractivity contribution in [3.05, 3.63) is 68.2 Å². The first kappa shape index (κ1) is 18.6. The van der Waals surface area contributed by atoms with E-state index in [9.17, 15) is 14.9 Å². The normalized spacial score (nSPS) is 9.68. The van der Waals surface area contributed by atoms with Gasteiger partial charge in [0.15, 0.2) is 0 Å². The first-order valence-electron chi connectivity index (χ1n) is 7.04. The molecular formula is C17H12Cl2N2O4. The lowest BCUT2D eigenvalue weighted by Gasteiger charge is -2.03. The molecule has 0 saturated heterocycles. The molecule has 0 spiro atoms. The Kier molecular flexibility index (Phi) is 6.63. The number of nitrogens with one attached hydrogen (secondary N) is 1. The Morgan fingerprint density at radius 3 is 2.64 bits per heavy atom. The predicted octanol–water partition coefficient (Wildman–Crippen LogP) is 3.71. The van der Waals surface area contributed by atoms with Gasteiger partial charge in [0.1, 0.15) is 17.4 Å². The number of nitrogens with zero attached hydrogens (tertiary/aromatic N) is 1. The summed E-state index contributed by atoms with van der Waals surface area (Å²) in [4.78, 5) is 22.1. The van der Waals surface area contributed by atoms with Crippen LogP contribution in [0.3, 0.4) is 0 Å². The number of halogens is 2. The summed E-state index contributed by atoms with van der Waals surface area (Å²) in [7, 11) is 0. The zero-order valence-corrected chi connectivity index (χ0v) is 14.3. The molecule has 1 amide bonds. The SMILES string of the molecule is O=C(NCC#CCOc1ccccc1Cl)c1ccc(Cl)c([N+](=O)[O-])c1. The highest BCUT2D eigenvalue weighted by Crippen LogP contribution is 2.25. The molecule has 0 unspecified atom stereocenters. The predicted molar refractivity (Wildman–Crippen MR) is 95.2 cm³/mol. The lowest BCUT2D eigenvalue weighted by Crippen LogP contribution is -2.23. The van der Waals surface area contributed by atoms with Gasteiger partial charge < -0.3 is 10.1 Å². The van der Waals surface area contributed by atoms with Crippen LogP contribution in [0.1, 0.15) is 10.4 Å². The highest BCUT2D eigenvalue weighted by molar-refractivity contribution is 6.32. The molecule has 0 radical (unpaired) electrons. The van der Waals surface area contributed by atoms with Crippen LogP contribution in [0.2, 0.25) is 10.0 Å². The summed E-state index contributed by atoms with van der Waals surface area (Å²) in [6.45, 7) is 0.188. The number of rotatable bonds is 5. The number of amides is 1. The minimum absolute atomic E-state index is 0.0296. The van der Waals surface area contributed by atoms with Gasteiger partial charge in [-0.25, -0.2) is 0 Å². The van der Waals surface area contributed by atoms with Crippen molar-refractivity contribution >= 4 is 34.8 Å². The summed E-state index contributed by atoms with van der Waals surface area (Å²) in [6.07, 6.45) is 0. The van der Waals surface area contributed by atoms with E-state index >= 15 is 0 Å². The summed E-state index contributed by atoms with van der Waals surface area (Å²) in [5.41, 5.74) is -0.196. The van der Waals surface area contributed by atoms with E-state index in [0.717, 1.165) is 6.07 Å². The largest absolute Gasteiger partial charge is 0.479 e. The summed E-state index contributed by atoms with van der Waals surface area (Å²) in [6, 6.07) is 10.8. The van der Waals surface area contributed by atoms with Crippen molar-refractivity contribution in [2.24, 2.45) is 0 Å². The molecule has 0 aliphatic rings. The summed E-state index contributed by atoms with van der Waals surface area (Å²) in [5, 5.41) is 13.8. The van der Waals surface area contributed by atoms with Crippen molar-refractivity contribution in [1.82, 2.24) is 5.32 Å². The maximum atomic E-state index is 11.9. The Hall–Kier alpha value is -2.75. The fraction of sp³-hybridized carbons (Fsp3) is 0.118. The number of carbonyl (C=O) groups is 1. The Morgan fingerprint density at radius 1 is 1.16 bits per heavy atom. The number of hydrogen-bond donors (Lipinski definition) is 1. The summed E-state index contributed by atoms with van der Waals surface area (Å²) in [5.74, 6) is 5.49. The molecule has 2 aromatic rings. The quantitative estimate of drug-likeness (QED) is 0.488. The van der Waals surface area contributed by atoms with Gasteiger partial charge in [-0.1, -0.05) is 47.2 Å². The number of hydrogen-bond acceptors (Lipinski definition) is 4. The molecule has 0 aliphatic carbocycles. The van der Waals surface area contributed by atoms with Gasteiger partial charge in [-0.3, -0.25) is 14.9 Å². The third-order valence-electron chi connectivity index (χ3n) is 3.00. The first-order valence-corrected chi connectivity index (χ1v) is 7.80. The molecule has 0 aliphatic heterocycles. The van der Waals surface area contributed by atoms with Crippen molar-refractivity contribution in [2.45, 2.75) is 0 Å². The van der Waals surface area contributed by atoms with Gasteiger partial charge in [-0.15, -0.1) is 0 Å². The van der Waals surface area contributed by atoms with Gasteiger partial charge in [-0.2, -0.15) is 0 Å². The van der Waals surface area contributed by atoms with Crippen LogP contribution in [0.4, 0.5) is 5.69 Å². The van der Waals surface area contributed by atoms with Gasteiger partial charge in [0, 0.05) is 11.6 Å².